The number of benzene rings is 1. The molecule has 122 valence electrons. The summed E-state index contributed by atoms with van der Waals surface area (Å²) in [7, 11) is 0. The van der Waals surface area contributed by atoms with Gasteiger partial charge in [-0.2, -0.15) is 0 Å². The highest BCUT2D eigenvalue weighted by Crippen LogP contribution is 2.09. The fraction of sp³-hybridized carbons (Fsp3) is 0.294. The number of thiophene rings is 1. The van der Waals surface area contributed by atoms with Crippen molar-refractivity contribution < 1.29 is 14.7 Å². The SMILES string of the molecule is O=C(CCCNC(=O)c1cccs1)NCc1ccccc1CO. The first-order valence-corrected chi connectivity index (χ1v) is 8.34. The van der Waals surface area contributed by atoms with Crippen molar-refractivity contribution in [3.8, 4) is 0 Å². The van der Waals surface area contributed by atoms with Crippen LogP contribution in [0.4, 0.5) is 0 Å². The van der Waals surface area contributed by atoms with Crippen LogP contribution in [-0.4, -0.2) is 23.5 Å². The molecule has 2 amide bonds. The average Bonchev–Trinajstić information content (AvgIpc) is 3.11. The van der Waals surface area contributed by atoms with Crippen LogP contribution in [0.1, 0.15) is 33.6 Å². The first-order chi connectivity index (χ1) is 11.2. The van der Waals surface area contributed by atoms with Gasteiger partial charge in [0.15, 0.2) is 0 Å². The molecule has 23 heavy (non-hydrogen) atoms. The molecule has 0 fully saturated rings. The first-order valence-electron chi connectivity index (χ1n) is 7.46. The van der Waals surface area contributed by atoms with Gasteiger partial charge in [-0.1, -0.05) is 30.3 Å². The summed E-state index contributed by atoms with van der Waals surface area (Å²) < 4.78 is 0. The van der Waals surface area contributed by atoms with E-state index in [0.29, 0.717) is 30.8 Å². The Bertz CT molecular complexity index is 641. The van der Waals surface area contributed by atoms with E-state index in [4.69, 9.17) is 0 Å². The summed E-state index contributed by atoms with van der Waals surface area (Å²) in [6.07, 6.45) is 0.941. The lowest BCUT2D eigenvalue weighted by Gasteiger charge is -2.09. The second-order valence-electron chi connectivity index (χ2n) is 5.04. The molecule has 0 aliphatic heterocycles. The van der Waals surface area contributed by atoms with E-state index in [2.05, 4.69) is 10.6 Å². The van der Waals surface area contributed by atoms with Crippen LogP contribution in [0.3, 0.4) is 0 Å². The lowest BCUT2D eigenvalue weighted by atomic mass is 10.1. The number of hydrogen-bond acceptors (Lipinski definition) is 4. The van der Waals surface area contributed by atoms with Gasteiger partial charge in [-0.15, -0.1) is 11.3 Å². The van der Waals surface area contributed by atoms with E-state index in [0.717, 1.165) is 11.1 Å². The molecule has 5 nitrogen and oxygen atoms in total. The summed E-state index contributed by atoms with van der Waals surface area (Å²) in [6.45, 7) is 0.829. The van der Waals surface area contributed by atoms with Gasteiger partial charge in [0, 0.05) is 19.5 Å². The van der Waals surface area contributed by atoms with Gasteiger partial charge in [0.25, 0.3) is 5.91 Å². The normalized spacial score (nSPS) is 10.3. The molecular weight excluding hydrogens is 312 g/mol. The Morgan fingerprint density at radius 1 is 1.04 bits per heavy atom. The first kappa shape index (κ1) is 17.2. The summed E-state index contributed by atoms with van der Waals surface area (Å²) in [5.74, 6) is -0.166. The fourth-order valence-electron chi connectivity index (χ4n) is 2.11. The van der Waals surface area contributed by atoms with Crippen molar-refractivity contribution in [2.45, 2.75) is 26.0 Å². The van der Waals surface area contributed by atoms with E-state index in [1.54, 1.807) is 6.07 Å². The molecule has 0 aliphatic rings. The van der Waals surface area contributed by atoms with Crippen molar-refractivity contribution in [2.24, 2.45) is 0 Å². The number of carbonyl (C=O) groups is 2. The number of rotatable bonds is 8. The highest BCUT2D eigenvalue weighted by atomic mass is 32.1. The minimum atomic E-state index is -0.0997. The van der Waals surface area contributed by atoms with Crippen LogP contribution >= 0.6 is 11.3 Å². The Labute approximate surface area is 139 Å². The Morgan fingerprint density at radius 3 is 2.52 bits per heavy atom. The second kappa shape index (κ2) is 9.07. The molecule has 3 N–H and O–H groups in total. The van der Waals surface area contributed by atoms with Gasteiger partial charge in [-0.25, -0.2) is 0 Å². The predicted molar refractivity (Wildman–Crippen MR) is 90.1 cm³/mol. The molecule has 6 heteroatoms. The predicted octanol–water partition coefficient (Wildman–Crippen LogP) is 2.07. The molecule has 0 spiro atoms. The molecule has 1 heterocycles. The zero-order valence-corrected chi connectivity index (χ0v) is 13.6. The monoisotopic (exact) mass is 332 g/mol. The third kappa shape index (κ3) is 5.50. The maximum Gasteiger partial charge on any atom is 0.261 e. The van der Waals surface area contributed by atoms with Gasteiger partial charge < -0.3 is 15.7 Å². The van der Waals surface area contributed by atoms with Crippen molar-refractivity contribution in [1.29, 1.82) is 0 Å². The molecule has 1 aromatic carbocycles. The second-order valence-corrected chi connectivity index (χ2v) is 5.99. The average molecular weight is 332 g/mol. The number of hydrogen-bond donors (Lipinski definition) is 3. The Balaban J connectivity index is 1.64. The highest BCUT2D eigenvalue weighted by molar-refractivity contribution is 7.12. The Hall–Kier alpha value is -2.18. The van der Waals surface area contributed by atoms with Crippen LogP contribution in [-0.2, 0) is 17.9 Å². The van der Waals surface area contributed by atoms with Crippen LogP contribution < -0.4 is 10.6 Å². The van der Waals surface area contributed by atoms with Crippen LogP contribution in [0.2, 0.25) is 0 Å². The lowest BCUT2D eigenvalue weighted by molar-refractivity contribution is -0.121. The van der Waals surface area contributed by atoms with E-state index in [1.807, 2.05) is 35.7 Å². The minimum Gasteiger partial charge on any atom is -0.392 e. The zero-order valence-electron chi connectivity index (χ0n) is 12.7. The van der Waals surface area contributed by atoms with E-state index in [9.17, 15) is 14.7 Å². The number of aliphatic hydroxyl groups excluding tert-OH is 1. The van der Waals surface area contributed by atoms with Gasteiger partial charge in [0.2, 0.25) is 5.91 Å². The van der Waals surface area contributed by atoms with Crippen LogP contribution in [0.15, 0.2) is 41.8 Å². The smallest absolute Gasteiger partial charge is 0.261 e. The van der Waals surface area contributed by atoms with E-state index in [-0.39, 0.29) is 18.4 Å². The standard InChI is InChI=1S/C17H20N2O3S/c20-12-14-6-2-1-5-13(14)11-19-16(21)8-3-9-18-17(22)15-7-4-10-23-15/h1-2,4-7,10,20H,3,8-9,11-12H2,(H,18,22)(H,19,21). The van der Waals surface area contributed by atoms with Gasteiger partial charge in [-0.3, -0.25) is 9.59 Å². The molecule has 0 atom stereocenters. The summed E-state index contributed by atoms with van der Waals surface area (Å²) >= 11 is 1.39. The molecule has 2 aromatic rings. The summed E-state index contributed by atoms with van der Waals surface area (Å²) in [6, 6.07) is 11.0. The largest absolute Gasteiger partial charge is 0.392 e. The molecule has 0 radical (unpaired) electrons. The minimum absolute atomic E-state index is 0.0409. The summed E-state index contributed by atoms with van der Waals surface area (Å²) in [5, 5.41) is 16.7. The number of amides is 2. The third-order valence-corrected chi connectivity index (χ3v) is 4.24. The quantitative estimate of drug-likeness (QED) is 0.648. The molecule has 0 saturated carbocycles. The Morgan fingerprint density at radius 2 is 1.83 bits per heavy atom. The molecule has 1 aromatic heterocycles. The van der Waals surface area contributed by atoms with Gasteiger partial charge in [-0.05, 0) is 29.0 Å². The van der Waals surface area contributed by atoms with Gasteiger partial charge >= 0.3 is 0 Å². The van der Waals surface area contributed by atoms with Crippen molar-refractivity contribution in [2.75, 3.05) is 6.54 Å². The molecule has 0 bridgehead atoms. The fourth-order valence-corrected chi connectivity index (χ4v) is 2.75. The lowest BCUT2D eigenvalue weighted by Crippen LogP contribution is -2.27. The van der Waals surface area contributed by atoms with E-state index >= 15 is 0 Å². The summed E-state index contributed by atoms with van der Waals surface area (Å²) in [5.41, 5.74) is 1.73. The van der Waals surface area contributed by atoms with Gasteiger partial charge in [0.1, 0.15) is 0 Å². The van der Waals surface area contributed by atoms with Gasteiger partial charge in [0.05, 0.1) is 11.5 Å². The van der Waals surface area contributed by atoms with Crippen LogP contribution in [0, 0.1) is 0 Å². The molecule has 0 saturated heterocycles. The molecular formula is C17H20N2O3S. The summed E-state index contributed by atoms with van der Waals surface area (Å²) in [4.78, 5) is 24.2. The number of nitrogens with one attached hydrogen (secondary N) is 2. The zero-order chi connectivity index (χ0) is 16.5. The maximum absolute atomic E-state index is 11.8. The third-order valence-electron chi connectivity index (χ3n) is 3.38. The number of aliphatic hydroxyl groups is 1. The molecule has 0 unspecified atom stereocenters. The van der Waals surface area contributed by atoms with Crippen molar-refractivity contribution >= 4 is 23.2 Å². The van der Waals surface area contributed by atoms with Crippen LogP contribution in [0.25, 0.3) is 0 Å². The topological polar surface area (TPSA) is 78.4 Å². The van der Waals surface area contributed by atoms with Crippen molar-refractivity contribution in [1.82, 2.24) is 10.6 Å². The molecule has 0 aliphatic carbocycles. The number of carbonyl (C=O) groups excluding carboxylic acids is 2. The Kier molecular flexibility index (Phi) is 6.77. The van der Waals surface area contributed by atoms with Crippen molar-refractivity contribution in [3.05, 3.63) is 57.8 Å². The van der Waals surface area contributed by atoms with E-state index in [1.165, 1.54) is 11.3 Å². The van der Waals surface area contributed by atoms with Crippen molar-refractivity contribution in [3.63, 3.8) is 0 Å². The maximum atomic E-state index is 11.8. The highest BCUT2D eigenvalue weighted by Gasteiger charge is 2.07. The molecule has 2 rings (SSSR count). The van der Waals surface area contributed by atoms with E-state index < -0.39 is 0 Å². The van der Waals surface area contributed by atoms with Crippen LogP contribution in [0.5, 0.6) is 0 Å².